The molecular formula is C8H14O4. The fourth-order valence-corrected chi connectivity index (χ4v) is 0.940. The first-order valence-electron chi connectivity index (χ1n) is 3.83. The Bertz CT molecular complexity index is 171. The van der Waals surface area contributed by atoms with Crippen LogP contribution in [-0.2, 0) is 9.59 Å². The molecular weight excluding hydrogens is 160 g/mol. The van der Waals surface area contributed by atoms with Crippen molar-refractivity contribution in [2.24, 2.45) is 17.8 Å². The summed E-state index contributed by atoms with van der Waals surface area (Å²) in [5.41, 5.74) is 0. The van der Waals surface area contributed by atoms with E-state index in [4.69, 9.17) is 10.2 Å². The highest BCUT2D eigenvalue weighted by Gasteiger charge is 2.33. The van der Waals surface area contributed by atoms with Crippen LogP contribution in [-0.4, -0.2) is 22.2 Å². The van der Waals surface area contributed by atoms with E-state index in [9.17, 15) is 9.59 Å². The van der Waals surface area contributed by atoms with Crippen LogP contribution in [0.5, 0.6) is 0 Å². The van der Waals surface area contributed by atoms with Crippen molar-refractivity contribution >= 4 is 11.9 Å². The van der Waals surface area contributed by atoms with E-state index in [-0.39, 0.29) is 11.8 Å². The van der Waals surface area contributed by atoms with Crippen LogP contribution in [0.15, 0.2) is 0 Å². The number of hydrogen-bond acceptors (Lipinski definition) is 2. The predicted octanol–water partition coefficient (Wildman–Crippen LogP) is 1.06. The van der Waals surface area contributed by atoms with Crippen LogP contribution < -0.4 is 0 Å². The Labute approximate surface area is 71.2 Å². The molecule has 0 aromatic rings. The zero-order valence-corrected chi connectivity index (χ0v) is 7.44. The van der Waals surface area contributed by atoms with Gasteiger partial charge in [-0.1, -0.05) is 20.8 Å². The molecule has 0 aliphatic rings. The van der Waals surface area contributed by atoms with E-state index in [2.05, 4.69) is 0 Å². The molecule has 0 radical (unpaired) electrons. The van der Waals surface area contributed by atoms with Crippen molar-refractivity contribution in [1.82, 2.24) is 0 Å². The predicted molar refractivity (Wildman–Crippen MR) is 42.8 cm³/mol. The molecule has 0 spiro atoms. The van der Waals surface area contributed by atoms with Crippen molar-refractivity contribution in [2.45, 2.75) is 20.8 Å². The maximum absolute atomic E-state index is 10.5. The number of aliphatic carboxylic acids is 2. The number of rotatable bonds is 4. The summed E-state index contributed by atoms with van der Waals surface area (Å²) < 4.78 is 0. The zero-order chi connectivity index (χ0) is 9.89. The van der Waals surface area contributed by atoms with Crippen LogP contribution in [0.1, 0.15) is 20.8 Å². The minimum atomic E-state index is -1.29. The van der Waals surface area contributed by atoms with Crippen LogP contribution in [0.2, 0.25) is 0 Å². The smallest absolute Gasteiger partial charge is 0.318 e. The average molecular weight is 174 g/mol. The quantitative estimate of drug-likeness (QED) is 0.625. The number of carbonyl (C=O) groups is 2. The number of carboxylic acid groups (broad SMARTS) is 2. The van der Waals surface area contributed by atoms with Gasteiger partial charge in [-0.15, -0.1) is 0 Å². The van der Waals surface area contributed by atoms with Crippen molar-refractivity contribution in [2.75, 3.05) is 0 Å². The molecule has 0 saturated carbocycles. The second-order valence-electron chi connectivity index (χ2n) is 3.26. The second-order valence-corrected chi connectivity index (χ2v) is 3.26. The third-order valence-electron chi connectivity index (χ3n) is 2.11. The van der Waals surface area contributed by atoms with Crippen LogP contribution in [0.25, 0.3) is 0 Å². The summed E-state index contributed by atoms with van der Waals surface area (Å²) in [5.74, 6) is -4.10. The molecule has 0 aliphatic heterocycles. The summed E-state index contributed by atoms with van der Waals surface area (Å²) in [6.45, 7) is 5.25. The molecule has 0 aromatic carbocycles. The first kappa shape index (κ1) is 10.9. The third kappa shape index (κ3) is 2.53. The van der Waals surface area contributed by atoms with Gasteiger partial charge in [0.2, 0.25) is 0 Å². The summed E-state index contributed by atoms with van der Waals surface area (Å²) >= 11 is 0. The molecule has 12 heavy (non-hydrogen) atoms. The molecule has 4 heteroatoms. The van der Waals surface area contributed by atoms with Gasteiger partial charge in [0, 0.05) is 0 Å². The fraction of sp³-hybridized carbons (Fsp3) is 0.750. The van der Waals surface area contributed by atoms with Gasteiger partial charge in [-0.05, 0) is 11.8 Å². The molecule has 0 saturated heterocycles. The summed E-state index contributed by atoms with van der Waals surface area (Å²) in [6.07, 6.45) is 0. The van der Waals surface area contributed by atoms with E-state index >= 15 is 0 Å². The topological polar surface area (TPSA) is 74.6 Å². The minimum Gasteiger partial charge on any atom is -0.481 e. The standard InChI is InChI=1S/C8H14O4/c1-4(2)5(3)6(7(9)10)8(11)12/h4-6H,1-3H3,(H,9,10)(H,11,12). The first-order chi connectivity index (χ1) is 5.37. The van der Waals surface area contributed by atoms with E-state index in [1.54, 1.807) is 6.92 Å². The summed E-state index contributed by atoms with van der Waals surface area (Å²) in [7, 11) is 0. The van der Waals surface area contributed by atoms with Crippen molar-refractivity contribution in [3.63, 3.8) is 0 Å². The Morgan fingerprint density at radius 3 is 1.42 bits per heavy atom. The second kappa shape index (κ2) is 4.09. The van der Waals surface area contributed by atoms with E-state index < -0.39 is 17.9 Å². The number of carboxylic acids is 2. The van der Waals surface area contributed by atoms with Gasteiger partial charge < -0.3 is 10.2 Å². The Morgan fingerprint density at radius 1 is 1.00 bits per heavy atom. The van der Waals surface area contributed by atoms with E-state index in [1.165, 1.54) is 0 Å². The Morgan fingerprint density at radius 2 is 1.33 bits per heavy atom. The summed E-state index contributed by atoms with van der Waals surface area (Å²) in [6, 6.07) is 0. The molecule has 0 aromatic heterocycles. The average Bonchev–Trinajstić information content (AvgIpc) is 1.85. The molecule has 1 unspecified atom stereocenters. The maximum Gasteiger partial charge on any atom is 0.318 e. The van der Waals surface area contributed by atoms with Crippen molar-refractivity contribution in [3.05, 3.63) is 0 Å². The van der Waals surface area contributed by atoms with Crippen LogP contribution in [0, 0.1) is 17.8 Å². The molecule has 70 valence electrons. The monoisotopic (exact) mass is 174 g/mol. The fourth-order valence-electron chi connectivity index (χ4n) is 0.940. The van der Waals surface area contributed by atoms with Gasteiger partial charge >= 0.3 is 11.9 Å². The van der Waals surface area contributed by atoms with Crippen molar-refractivity contribution < 1.29 is 19.8 Å². The summed E-state index contributed by atoms with van der Waals surface area (Å²) in [5, 5.41) is 17.2. The third-order valence-corrected chi connectivity index (χ3v) is 2.11. The molecule has 0 amide bonds. The van der Waals surface area contributed by atoms with Gasteiger partial charge in [0.15, 0.2) is 5.92 Å². The van der Waals surface area contributed by atoms with Gasteiger partial charge in [0.1, 0.15) is 0 Å². The van der Waals surface area contributed by atoms with E-state index in [0.29, 0.717) is 0 Å². The molecule has 0 aliphatic carbocycles. The molecule has 1 atom stereocenters. The normalized spacial score (nSPS) is 13.4. The molecule has 2 N–H and O–H groups in total. The largest absolute Gasteiger partial charge is 0.481 e. The lowest BCUT2D eigenvalue weighted by molar-refractivity contribution is -0.157. The first-order valence-corrected chi connectivity index (χ1v) is 3.83. The van der Waals surface area contributed by atoms with Gasteiger partial charge in [-0.3, -0.25) is 9.59 Å². The highest BCUT2D eigenvalue weighted by atomic mass is 16.4. The van der Waals surface area contributed by atoms with Gasteiger partial charge in [0.05, 0.1) is 0 Å². The van der Waals surface area contributed by atoms with Crippen LogP contribution >= 0.6 is 0 Å². The lowest BCUT2D eigenvalue weighted by atomic mass is 9.85. The zero-order valence-electron chi connectivity index (χ0n) is 7.44. The van der Waals surface area contributed by atoms with Gasteiger partial charge in [0.25, 0.3) is 0 Å². The van der Waals surface area contributed by atoms with Crippen LogP contribution in [0.3, 0.4) is 0 Å². The molecule has 0 fully saturated rings. The van der Waals surface area contributed by atoms with Crippen molar-refractivity contribution in [1.29, 1.82) is 0 Å². The lowest BCUT2D eigenvalue weighted by Crippen LogP contribution is -2.32. The Hall–Kier alpha value is -1.06. The van der Waals surface area contributed by atoms with Gasteiger partial charge in [-0.25, -0.2) is 0 Å². The SMILES string of the molecule is CC(C)C(C)C(C(=O)O)C(=O)O. The maximum atomic E-state index is 10.5. The summed E-state index contributed by atoms with van der Waals surface area (Å²) in [4.78, 5) is 21.0. The number of hydrogen-bond donors (Lipinski definition) is 2. The molecule has 4 nitrogen and oxygen atoms in total. The van der Waals surface area contributed by atoms with E-state index in [0.717, 1.165) is 0 Å². The highest BCUT2D eigenvalue weighted by Crippen LogP contribution is 2.20. The van der Waals surface area contributed by atoms with Crippen molar-refractivity contribution in [3.8, 4) is 0 Å². The minimum absolute atomic E-state index is 0.0576. The lowest BCUT2D eigenvalue weighted by Gasteiger charge is -2.19. The molecule has 0 bridgehead atoms. The van der Waals surface area contributed by atoms with Crippen LogP contribution in [0.4, 0.5) is 0 Å². The highest BCUT2D eigenvalue weighted by molar-refractivity contribution is 5.93. The Kier molecular flexibility index (Phi) is 3.73. The van der Waals surface area contributed by atoms with E-state index in [1.807, 2.05) is 13.8 Å². The Balaban J connectivity index is 4.52. The molecule has 0 heterocycles. The van der Waals surface area contributed by atoms with Gasteiger partial charge in [-0.2, -0.15) is 0 Å². The molecule has 0 rings (SSSR count).